The Morgan fingerprint density at radius 2 is 1.83 bits per heavy atom. The van der Waals surface area contributed by atoms with Gasteiger partial charge in [-0.15, -0.1) is 0 Å². The van der Waals surface area contributed by atoms with Crippen molar-refractivity contribution in [2.75, 3.05) is 0 Å². The molecule has 100 valence electrons. The van der Waals surface area contributed by atoms with Crippen LogP contribution in [0.3, 0.4) is 0 Å². The quantitative estimate of drug-likeness (QED) is 0.794. The molecule has 0 aliphatic carbocycles. The van der Waals surface area contributed by atoms with E-state index in [0.29, 0.717) is 6.42 Å². The molecule has 0 aliphatic rings. The van der Waals surface area contributed by atoms with E-state index >= 15 is 0 Å². The number of rotatable bonds is 5. The summed E-state index contributed by atoms with van der Waals surface area (Å²) in [6.07, 6.45) is 0.425. The highest BCUT2D eigenvalue weighted by molar-refractivity contribution is 5.84. The van der Waals surface area contributed by atoms with Gasteiger partial charge in [0.1, 0.15) is 0 Å². The summed E-state index contributed by atoms with van der Waals surface area (Å²) >= 11 is 0. The Labute approximate surface area is 103 Å². The lowest BCUT2D eigenvalue weighted by molar-refractivity contribution is -0.124. The molecule has 0 aromatic heterocycles. The highest BCUT2D eigenvalue weighted by atomic mass is 19.2. The largest absolute Gasteiger partial charge is 0.368 e. The minimum Gasteiger partial charge on any atom is -0.368 e. The highest BCUT2D eigenvalue weighted by Gasteiger charge is 2.28. The van der Waals surface area contributed by atoms with Crippen molar-refractivity contribution in [1.29, 1.82) is 0 Å². The second-order valence-electron chi connectivity index (χ2n) is 4.28. The Kier molecular flexibility index (Phi) is 4.34. The third kappa shape index (κ3) is 3.01. The second kappa shape index (κ2) is 5.39. The number of carbonyl (C=O) groups excluding carboxylic acids is 1. The Morgan fingerprint density at radius 3 is 2.22 bits per heavy atom. The molecule has 18 heavy (non-hydrogen) atoms. The Balaban J connectivity index is 2.84. The number of hydrogen-bond donors (Lipinski definition) is 2. The van der Waals surface area contributed by atoms with Crippen molar-refractivity contribution < 1.29 is 18.0 Å². The van der Waals surface area contributed by atoms with Crippen LogP contribution in [-0.2, 0) is 11.3 Å². The molecule has 1 atom stereocenters. The lowest BCUT2D eigenvalue weighted by atomic mass is 9.97. The van der Waals surface area contributed by atoms with Crippen LogP contribution in [0.5, 0.6) is 0 Å². The highest BCUT2D eigenvalue weighted by Crippen LogP contribution is 2.15. The molecular formula is C12H15F3N2O. The SMILES string of the molecule is CCC(C)(NCc1cc(F)c(F)c(F)c1)C(N)=O. The number of amides is 1. The second-order valence-corrected chi connectivity index (χ2v) is 4.28. The standard InChI is InChI=1S/C12H15F3N2O/c1-3-12(2,11(16)18)17-6-7-4-8(13)10(15)9(14)5-7/h4-5,17H,3,6H2,1-2H3,(H2,16,18). The zero-order valence-corrected chi connectivity index (χ0v) is 10.2. The third-order valence-corrected chi connectivity index (χ3v) is 2.98. The van der Waals surface area contributed by atoms with Crippen LogP contribution in [0.2, 0.25) is 0 Å². The summed E-state index contributed by atoms with van der Waals surface area (Å²) in [7, 11) is 0. The molecule has 0 aliphatic heterocycles. The molecule has 0 radical (unpaired) electrons. The van der Waals surface area contributed by atoms with Crippen LogP contribution < -0.4 is 11.1 Å². The molecule has 1 rings (SSSR count). The summed E-state index contributed by atoms with van der Waals surface area (Å²) in [6, 6.07) is 1.75. The lowest BCUT2D eigenvalue weighted by Gasteiger charge is -2.26. The minimum absolute atomic E-state index is 0.0153. The average Bonchev–Trinajstić information content (AvgIpc) is 2.32. The Bertz CT molecular complexity index is 442. The summed E-state index contributed by atoms with van der Waals surface area (Å²) in [5, 5.41) is 2.81. The van der Waals surface area contributed by atoms with Gasteiger partial charge in [0, 0.05) is 6.54 Å². The van der Waals surface area contributed by atoms with Gasteiger partial charge in [-0.05, 0) is 31.0 Å². The van der Waals surface area contributed by atoms with Crippen molar-refractivity contribution in [1.82, 2.24) is 5.32 Å². The number of primary amides is 1. The lowest BCUT2D eigenvalue weighted by Crippen LogP contribution is -2.52. The molecule has 1 aromatic rings. The van der Waals surface area contributed by atoms with Gasteiger partial charge < -0.3 is 5.73 Å². The number of benzene rings is 1. The van der Waals surface area contributed by atoms with Crippen molar-refractivity contribution in [3.63, 3.8) is 0 Å². The van der Waals surface area contributed by atoms with Crippen molar-refractivity contribution in [2.24, 2.45) is 5.73 Å². The van der Waals surface area contributed by atoms with E-state index in [0.717, 1.165) is 12.1 Å². The van der Waals surface area contributed by atoms with Gasteiger partial charge in [-0.1, -0.05) is 6.92 Å². The molecule has 3 N–H and O–H groups in total. The minimum atomic E-state index is -1.51. The van der Waals surface area contributed by atoms with E-state index in [2.05, 4.69) is 5.32 Å². The first kappa shape index (κ1) is 14.5. The molecule has 6 heteroatoms. The molecule has 3 nitrogen and oxygen atoms in total. The maximum absolute atomic E-state index is 13.0. The van der Waals surface area contributed by atoms with E-state index in [4.69, 9.17) is 5.73 Å². The van der Waals surface area contributed by atoms with Gasteiger partial charge >= 0.3 is 0 Å². The molecule has 0 spiro atoms. The van der Waals surface area contributed by atoms with Gasteiger partial charge in [-0.25, -0.2) is 13.2 Å². The molecule has 0 bridgehead atoms. The van der Waals surface area contributed by atoms with Crippen LogP contribution in [0, 0.1) is 17.5 Å². The number of nitrogens with one attached hydrogen (secondary N) is 1. The van der Waals surface area contributed by atoms with Crippen molar-refractivity contribution in [2.45, 2.75) is 32.4 Å². The van der Waals surface area contributed by atoms with E-state index in [1.807, 2.05) is 0 Å². The van der Waals surface area contributed by atoms with Crippen LogP contribution >= 0.6 is 0 Å². The predicted molar refractivity (Wildman–Crippen MR) is 61.0 cm³/mol. The summed E-state index contributed by atoms with van der Waals surface area (Å²) in [5.41, 5.74) is 4.45. The van der Waals surface area contributed by atoms with Gasteiger partial charge in [0.2, 0.25) is 5.91 Å². The van der Waals surface area contributed by atoms with E-state index in [-0.39, 0.29) is 12.1 Å². The van der Waals surface area contributed by atoms with Gasteiger partial charge in [0.15, 0.2) is 17.5 Å². The van der Waals surface area contributed by atoms with Gasteiger partial charge in [-0.2, -0.15) is 0 Å². The van der Waals surface area contributed by atoms with Crippen LogP contribution in [0.1, 0.15) is 25.8 Å². The first-order valence-corrected chi connectivity index (χ1v) is 5.48. The molecule has 0 fully saturated rings. The van der Waals surface area contributed by atoms with Gasteiger partial charge in [0.25, 0.3) is 0 Å². The number of carbonyl (C=O) groups is 1. The maximum atomic E-state index is 13.0. The van der Waals surface area contributed by atoms with E-state index in [1.165, 1.54) is 0 Å². The average molecular weight is 260 g/mol. The maximum Gasteiger partial charge on any atom is 0.237 e. The first-order chi connectivity index (χ1) is 8.30. The van der Waals surface area contributed by atoms with Crippen molar-refractivity contribution in [3.8, 4) is 0 Å². The molecular weight excluding hydrogens is 245 g/mol. The summed E-state index contributed by atoms with van der Waals surface area (Å²) in [5.74, 6) is -4.59. The fraction of sp³-hybridized carbons (Fsp3) is 0.417. The molecule has 0 heterocycles. The Morgan fingerprint density at radius 1 is 1.33 bits per heavy atom. The normalized spacial score (nSPS) is 14.3. The van der Waals surface area contributed by atoms with E-state index in [1.54, 1.807) is 13.8 Å². The van der Waals surface area contributed by atoms with Crippen molar-refractivity contribution in [3.05, 3.63) is 35.1 Å². The fourth-order valence-electron chi connectivity index (χ4n) is 1.39. The topological polar surface area (TPSA) is 55.1 Å². The monoisotopic (exact) mass is 260 g/mol. The molecule has 0 saturated heterocycles. The first-order valence-electron chi connectivity index (χ1n) is 5.48. The van der Waals surface area contributed by atoms with Crippen LogP contribution in [0.4, 0.5) is 13.2 Å². The number of nitrogens with two attached hydrogens (primary N) is 1. The smallest absolute Gasteiger partial charge is 0.237 e. The Hall–Kier alpha value is -1.56. The summed E-state index contributed by atoms with van der Waals surface area (Å²) in [4.78, 5) is 11.2. The van der Waals surface area contributed by atoms with Crippen molar-refractivity contribution >= 4 is 5.91 Å². The van der Waals surface area contributed by atoms with Crippen LogP contribution in [0.15, 0.2) is 12.1 Å². The van der Waals surface area contributed by atoms with E-state index < -0.39 is 28.9 Å². The molecule has 1 amide bonds. The fourth-order valence-corrected chi connectivity index (χ4v) is 1.39. The molecule has 1 unspecified atom stereocenters. The molecule has 1 aromatic carbocycles. The van der Waals surface area contributed by atoms with Crippen LogP contribution in [-0.4, -0.2) is 11.4 Å². The zero-order valence-electron chi connectivity index (χ0n) is 10.2. The number of halogens is 3. The zero-order chi connectivity index (χ0) is 13.9. The third-order valence-electron chi connectivity index (χ3n) is 2.98. The van der Waals surface area contributed by atoms with E-state index in [9.17, 15) is 18.0 Å². The summed E-state index contributed by atoms with van der Waals surface area (Å²) < 4.78 is 38.7. The van der Waals surface area contributed by atoms with Gasteiger partial charge in [-0.3, -0.25) is 10.1 Å². The van der Waals surface area contributed by atoms with Gasteiger partial charge in [0.05, 0.1) is 5.54 Å². The summed E-state index contributed by atoms with van der Waals surface area (Å²) in [6.45, 7) is 3.36. The predicted octanol–water partition coefficient (Wildman–Crippen LogP) is 1.85. The molecule has 0 saturated carbocycles. The number of hydrogen-bond acceptors (Lipinski definition) is 2. The van der Waals surface area contributed by atoms with Crippen LogP contribution in [0.25, 0.3) is 0 Å².